The molecule has 0 aromatic heterocycles. The average Bonchev–Trinajstić information content (AvgIpc) is 2.75. The zero-order chi connectivity index (χ0) is 24.3. The molecule has 1 amide bonds. The highest BCUT2D eigenvalue weighted by atomic mass is 19.4. The fourth-order valence-electron chi connectivity index (χ4n) is 3.50. The highest BCUT2D eigenvalue weighted by molar-refractivity contribution is 6.00. The number of benzene rings is 2. The Morgan fingerprint density at radius 1 is 1.24 bits per heavy atom. The third kappa shape index (κ3) is 5.52. The molecule has 1 aliphatic rings. The van der Waals surface area contributed by atoms with Gasteiger partial charge >= 0.3 is 6.18 Å². The molecule has 1 heterocycles. The van der Waals surface area contributed by atoms with Gasteiger partial charge in [-0.25, -0.2) is 0 Å². The van der Waals surface area contributed by atoms with Crippen LogP contribution in [0, 0.1) is 23.7 Å². The molecule has 6 nitrogen and oxygen atoms in total. The Bertz CT molecular complexity index is 1140. The van der Waals surface area contributed by atoms with Crippen LogP contribution in [0.3, 0.4) is 0 Å². The van der Waals surface area contributed by atoms with E-state index < -0.39 is 18.7 Å². The van der Waals surface area contributed by atoms with Crippen LogP contribution in [0.4, 0.5) is 13.2 Å². The lowest BCUT2D eigenvalue weighted by atomic mass is 9.90. The zero-order valence-electron chi connectivity index (χ0n) is 18.2. The molecule has 0 bridgehead atoms. The fourth-order valence-corrected chi connectivity index (χ4v) is 3.50. The van der Waals surface area contributed by atoms with E-state index in [1.807, 2.05) is 12.1 Å². The van der Waals surface area contributed by atoms with Crippen LogP contribution in [0.1, 0.15) is 45.5 Å². The van der Waals surface area contributed by atoms with E-state index in [1.54, 1.807) is 42.2 Å². The van der Waals surface area contributed by atoms with E-state index in [9.17, 15) is 18.0 Å². The molecule has 0 atom stereocenters. The van der Waals surface area contributed by atoms with E-state index in [0.717, 1.165) is 5.56 Å². The van der Waals surface area contributed by atoms with Crippen LogP contribution >= 0.6 is 0 Å². The molecule has 1 aliphatic heterocycles. The summed E-state index contributed by atoms with van der Waals surface area (Å²) in [7, 11) is 0. The lowest BCUT2D eigenvalue weighted by Crippen LogP contribution is -2.48. The van der Waals surface area contributed by atoms with Crippen molar-refractivity contribution in [2.45, 2.75) is 25.9 Å². The van der Waals surface area contributed by atoms with E-state index in [-0.39, 0.29) is 23.1 Å². The maximum absolute atomic E-state index is 12.9. The second-order valence-corrected chi connectivity index (χ2v) is 7.94. The van der Waals surface area contributed by atoms with Crippen LogP contribution in [0.2, 0.25) is 0 Å². The van der Waals surface area contributed by atoms with Crippen LogP contribution in [-0.2, 0) is 4.74 Å². The number of nitrogens with zero attached hydrogens (tertiary/aromatic N) is 2. The molecule has 0 spiro atoms. The number of hydrogen-bond acceptors (Lipinski definition) is 5. The molecule has 1 fully saturated rings. The Balaban J connectivity index is 1.72. The molecule has 3 N–H and O–H groups in total. The Morgan fingerprint density at radius 2 is 1.88 bits per heavy atom. The summed E-state index contributed by atoms with van der Waals surface area (Å²) in [5.74, 6) is -0.672. The van der Waals surface area contributed by atoms with Gasteiger partial charge in [0.1, 0.15) is 0 Å². The van der Waals surface area contributed by atoms with Gasteiger partial charge in [-0.05, 0) is 49.2 Å². The van der Waals surface area contributed by atoms with E-state index in [1.165, 1.54) is 6.92 Å². The molecule has 172 valence electrons. The van der Waals surface area contributed by atoms with Gasteiger partial charge in [-0.2, -0.15) is 18.4 Å². The van der Waals surface area contributed by atoms with Crippen molar-refractivity contribution in [2.75, 3.05) is 19.7 Å². The van der Waals surface area contributed by atoms with Gasteiger partial charge in [0.25, 0.3) is 5.91 Å². The van der Waals surface area contributed by atoms with Gasteiger partial charge in [0.15, 0.2) is 6.61 Å². The number of nitrogens with two attached hydrogens (primary N) is 1. The first-order valence-corrected chi connectivity index (χ1v) is 10.2. The third-order valence-electron chi connectivity index (χ3n) is 5.58. The van der Waals surface area contributed by atoms with Gasteiger partial charge in [-0.15, -0.1) is 0 Å². The van der Waals surface area contributed by atoms with Gasteiger partial charge in [0.2, 0.25) is 5.90 Å². The highest BCUT2D eigenvalue weighted by Gasteiger charge is 2.32. The van der Waals surface area contributed by atoms with Crippen molar-refractivity contribution in [3.63, 3.8) is 0 Å². The van der Waals surface area contributed by atoms with Crippen molar-refractivity contribution in [1.29, 1.82) is 10.7 Å². The van der Waals surface area contributed by atoms with Crippen LogP contribution in [0.5, 0.6) is 0 Å². The van der Waals surface area contributed by atoms with Crippen LogP contribution in [-0.4, -0.2) is 42.6 Å². The number of aryl methyl sites for hydroxylation is 1. The second-order valence-electron chi connectivity index (χ2n) is 7.94. The Morgan fingerprint density at radius 3 is 2.45 bits per heavy atom. The van der Waals surface area contributed by atoms with Crippen molar-refractivity contribution in [3.05, 3.63) is 75.9 Å². The number of ether oxygens (including phenoxy) is 1. The first kappa shape index (κ1) is 23.9. The summed E-state index contributed by atoms with van der Waals surface area (Å²) >= 11 is 0. The standard InChI is InChI=1S/C24H23F3N4O2/c1-14-3-6-18(9-20(14)21(29)15(2)22(30)33-13-24(25,26)27)23(32)31-11-19(12-31)17-7-4-16(10-28)5-8-17/h3-9,19,30H,11-13,29H2,1-2H3/b21-15-,30-22?. The van der Waals surface area contributed by atoms with Crippen molar-refractivity contribution >= 4 is 17.5 Å². The van der Waals surface area contributed by atoms with E-state index in [4.69, 9.17) is 16.4 Å². The summed E-state index contributed by atoms with van der Waals surface area (Å²) in [6, 6.07) is 14.3. The monoisotopic (exact) mass is 456 g/mol. The molecule has 0 radical (unpaired) electrons. The highest BCUT2D eigenvalue weighted by Crippen LogP contribution is 2.29. The molecule has 0 unspecified atom stereocenters. The molecule has 1 saturated heterocycles. The van der Waals surface area contributed by atoms with Crippen molar-refractivity contribution < 1.29 is 22.7 Å². The quantitative estimate of drug-likeness (QED) is 0.516. The summed E-state index contributed by atoms with van der Waals surface area (Å²) in [5, 5.41) is 16.7. The topological polar surface area (TPSA) is 103 Å². The predicted molar refractivity (Wildman–Crippen MR) is 117 cm³/mol. The summed E-state index contributed by atoms with van der Waals surface area (Å²) in [4.78, 5) is 14.6. The minimum absolute atomic E-state index is 0.0526. The van der Waals surface area contributed by atoms with Gasteiger partial charge in [-0.3, -0.25) is 10.2 Å². The number of alkyl halides is 3. The number of halogens is 3. The summed E-state index contributed by atoms with van der Waals surface area (Å²) in [6.07, 6.45) is -4.56. The van der Waals surface area contributed by atoms with E-state index >= 15 is 0 Å². The maximum atomic E-state index is 12.9. The Hall–Kier alpha value is -3.80. The van der Waals surface area contributed by atoms with E-state index in [0.29, 0.717) is 35.3 Å². The average molecular weight is 456 g/mol. The fraction of sp³-hybridized carbons (Fsp3) is 0.292. The van der Waals surface area contributed by atoms with Gasteiger partial charge in [-0.1, -0.05) is 18.2 Å². The number of carbonyl (C=O) groups is 1. The molecule has 0 aliphatic carbocycles. The predicted octanol–water partition coefficient (Wildman–Crippen LogP) is 4.35. The normalized spacial score (nSPS) is 14.7. The molecule has 33 heavy (non-hydrogen) atoms. The number of carbonyl (C=O) groups excluding carboxylic acids is 1. The summed E-state index contributed by atoms with van der Waals surface area (Å²) in [6.45, 7) is 2.65. The van der Waals surface area contributed by atoms with Crippen molar-refractivity contribution in [2.24, 2.45) is 5.73 Å². The number of nitrogens with one attached hydrogen (secondary N) is 1. The molecule has 9 heteroatoms. The lowest BCUT2D eigenvalue weighted by molar-refractivity contribution is -0.156. The van der Waals surface area contributed by atoms with Crippen molar-refractivity contribution in [1.82, 2.24) is 4.90 Å². The van der Waals surface area contributed by atoms with Crippen LogP contribution < -0.4 is 5.73 Å². The van der Waals surface area contributed by atoms with Crippen molar-refractivity contribution in [3.8, 4) is 6.07 Å². The maximum Gasteiger partial charge on any atom is 0.422 e. The second kappa shape index (κ2) is 9.36. The smallest absolute Gasteiger partial charge is 0.422 e. The molecular formula is C24H23F3N4O2. The molecular weight excluding hydrogens is 433 g/mol. The first-order valence-electron chi connectivity index (χ1n) is 10.2. The summed E-state index contributed by atoms with van der Waals surface area (Å²) in [5.41, 5.74) is 9.46. The first-order chi connectivity index (χ1) is 15.5. The molecule has 2 aromatic carbocycles. The Labute approximate surface area is 189 Å². The minimum atomic E-state index is -4.56. The minimum Gasteiger partial charge on any atom is -0.468 e. The number of nitriles is 1. The van der Waals surface area contributed by atoms with Gasteiger partial charge in [0, 0.05) is 41.4 Å². The molecule has 0 saturated carbocycles. The molecule has 2 aromatic rings. The zero-order valence-corrected chi connectivity index (χ0v) is 18.2. The number of rotatable bonds is 5. The largest absolute Gasteiger partial charge is 0.468 e. The van der Waals surface area contributed by atoms with Crippen LogP contribution in [0.15, 0.2) is 48.0 Å². The number of hydrogen-bond donors (Lipinski definition) is 2. The number of likely N-dealkylation sites (tertiary alicyclic amines) is 1. The van der Waals surface area contributed by atoms with Gasteiger partial charge < -0.3 is 15.4 Å². The number of amides is 1. The van der Waals surface area contributed by atoms with Gasteiger partial charge in [0.05, 0.1) is 11.6 Å². The van der Waals surface area contributed by atoms with E-state index in [2.05, 4.69) is 10.8 Å². The lowest BCUT2D eigenvalue weighted by Gasteiger charge is -2.39. The third-order valence-corrected chi connectivity index (χ3v) is 5.58. The molecule has 3 rings (SSSR count). The summed E-state index contributed by atoms with van der Waals surface area (Å²) < 4.78 is 41.6. The Kier molecular flexibility index (Phi) is 6.77. The van der Waals surface area contributed by atoms with Crippen LogP contribution in [0.25, 0.3) is 5.70 Å². The SMILES string of the molecule is C/C(C(=N)OCC(F)(F)F)=C(/N)c1cc(C(=O)N2CC(c3ccc(C#N)cc3)C2)ccc1C.